The van der Waals surface area contributed by atoms with Crippen LogP contribution in [0.5, 0.6) is 5.75 Å². The molecule has 0 unspecified atom stereocenters. The van der Waals surface area contributed by atoms with E-state index in [1.54, 1.807) is 29.5 Å². The molecule has 0 atom stereocenters. The maximum absolute atomic E-state index is 13.0. The van der Waals surface area contributed by atoms with Crippen LogP contribution in [0.3, 0.4) is 0 Å². The highest BCUT2D eigenvalue weighted by Crippen LogP contribution is 2.29. The number of hydrogen-bond donors (Lipinski definition) is 1. The summed E-state index contributed by atoms with van der Waals surface area (Å²) in [7, 11) is 1.66. The zero-order valence-electron chi connectivity index (χ0n) is 22.3. The lowest BCUT2D eigenvalue weighted by Gasteiger charge is -2.36. The van der Waals surface area contributed by atoms with Crippen LogP contribution >= 0.6 is 11.3 Å². The minimum absolute atomic E-state index is 0.0152. The van der Waals surface area contributed by atoms with Crippen LogP contribution in [-0.2, 0) is 16.0 Å². The molecule has 2 heterocycles. The smallest absolute Gasteiger partial charge is 0.254 e. The number of carbonyl (C=O) groups is 3. The van der Waals surface area contributed by atoms with Gasteiger partial charge in [-0.2, -0.15) is 0 Å². The van der Waals surface area contributed by atoms with E-state index in [1.807, 2.05) is 48.2 Å². The summed E-state index contributed by atoms with van der Waals surface area (Å²) in [5.74, 6) is 0.418. The fourth-order valence-corrected chi connectivity index (χ4v) is 5.45. The number of thiazole rings is 1. The van der Waals surface area contributed by atoms with Crippen LogP contribution in [0.4, 0.5) is 10.8 Å². The van der Waals surface area contributed by atoms with Crippen LogP contribution in [0.2, 0.25) is 0 Å². The van der Waals surface area contributed by atoms with Gasteiger partial charge < -0.3 is 24.8 Å². The molecule has 0 bridgehead atoms. The number of carbonyl (C=O) groups excluding carboxylic acids is 3. The maximum atomic E-state index is 13.0. The number of nitrogens with zero attached hydrogens (tertiary/aromatic N) is 4. The molecule has 5 rings (SSSR count). The number of para-hydroxylation sites is 2. The van der Waals surface area contributed by atoms with Gasteiger partial charge in [0.1, 0.15) is 12.3 Å². The molecule has 2 aromatic carbocycles. The van der Waals surface area contributed by atoms with Gasteiger partial charge in [0.05, 0.1) is 24.9 Å². The number of nitrogens with one attached hydrogen (secondary N) is 1. The summed E-state index contributed by atoms with van der Waals surface area (Å²) < 4.78 is 5.47. The summed E-state index contributed by atoms with van der Waals surface area (Å²) in [6, 6.07) is 15.4. The second-order valence-electron chi connectivity index (χ2n) is 9.94. The van der Waals surface area contributed by atoms with Crippen molar-refractivity contribution in [1.82, 2.24) is 14.8 Å². The Labute approximate surface area is 232 Å². The van der Waals surface area contributed by atoms with Crippen molar-refractivity contribution in [2.75, 3.05) is 50.1 Å². The van der Waals surface area contributed by atoms with E-state index in [1.165, 1.54) is 11.3 Å². The molecule has 10 heteroatoms. The Bertz CT molecular complexity index is 1330. The number of hydrogen-bond acceptors (Lipinski definition) is 7. The average molecular weight is 548 g/mol. The van der Waals surface area contributed by atoms with Gasteiger partial charge in [0, 0.05) is 43.2 Å². The molecule has 39 heavy (non-hydrogen) atoms. The van der Waals surface area contributed by atoms with Gasteiger partial charge in [-0.15, -0.1) is 11.3 Å². The van der Waals surface area contributed by atoms with E-state index < -0.39 is 0 Å². The molecular formula is C29H33N5O4S. The zero-order chi connectivity index (χ0) is 27.4. The maximum Gasteiger partial charge on any atom is 0.254 e. The highest BCUT2D eigenvalue weighted by molar-refractivity contribution is 7.13. The van der Waals surface area contributed by atoms with E-state index in [2.05, 4.69) is 15.2 Å². The number of ether oxygens (including phenoxy) is 1. The SMILES string of the molecule is COc1ccccc1N1CCN(C(=O)Cc2csc(NC(=O)CN(C(=O)c3ccc(C)cc3)C3CC3)n2)CC1. The largest absolute Gasteiger partial charge is 0.495 e. The third-order valence-corrected chi connectivity index (χ3v) is 7.86. The molecule has 3 aromatic rings. The predicted octanol–water partition coefficient (Wildman–Crippen LogP) is 3.59. The van der Waals surface area contributed by atoms with E-state index in [4.69, 9.17) is 4.74 Å². The van der Waals surface area contributed by atoms with Gasteiger partial charge in [0.15, 0.2) is 5.13 Å². The minimum atomic E-state index is -0.290. The quantitative estimate of drug-likeness (QED) is 0.440. The molecule has 2 aliphatic rings. The number of aromatic nitrogens is 1. The van der Waals surface area contributed by atoms with Crippen molar-refractivity contribution >= 4 is 39.9 Å². The summed E-state index contributed by atoms with van der Waals surface area (Å²) in [6.45, 7) is 4.64. The molecule has 1 saturated heterocycles. The first-order valence-electron chi connectivity index (χ1n) is 13.2. The summed E-state index contributed by atoms with van der Waals surface area (Å²) in [4.78, 5) is 48.9. The summed E-state index contributed by atoms with van der Waals surface area (Å²) in [5.41, 5.74) is 3.32. The molecule has 1 aromatic heterocycles. The van der Waals surface area contributed by atoms with Crippen molar-refractivity contribution < 1.29 is 19.1 Å². The fourth-order valence-electron chi connectivity index (χ4n) is 4.73. The van der Waals surface area contributed by atoms with Crippen LogP contribution in [0.1, 0.15) is 34.5 Å². The highest BCUT2D eigenvalue weighted by Gasteiger charge is 2.34. The Kier molecular flexibility index (Phi) is 8.11. The van der Waals surface area contributed by atoms with Crippen molar-refractivity contribution in [3.63, 3.8) is 0 Å². The predicted molar refractivity (Wildman–Crippen MR) is 151 cm³/mol. The molecule has 2 fully saturated rings. The third kappa shape index (κ3) is 6.57. The number of rotatable bonds is 9. The molecule has 0 spiro atoms. The molecule has 1 aliphatic carbocycles. The third-order valence-electron chi connectivity index (χ3n) is 7.05. The first-order valence-corrected chi connectivity index (χ1v) is 14.1. The van der Waals surface area contributed by atoms with Crippen molar-refractivity contribution in [2.45, 2.75) is 32.2 Å². The highest BCUT2D eigenvalue weighted by atomic mass is 32.1. The van der Waals surface area contributed by atoms with Gasteiger partial charge in [0.2, 0.25) is 11.8 Å². The van der Waals surface area contributed by atoms with E-state index in [-0.39, 0.29) is 36.7 Å². The van der Waals surface area contributed by atoms with Crippen LogP contribution in [0.15, 0.2) is 53.9 Å². The number of amides is 3. The van der Waals surface area contributed by atoms with Crippen LogP contribution in [0, 0.1) is 6.92 Å². The Balaban J connectivity index is 1.12. The zero-order valence-corrected chi connectivity index (χ0v) is 23.1. The fraction of sp³-hybridized carbons (Fsp3) is 0.379. The first kappa shape index (κ1) is 26.7. The molecule has 1 N–H and O–H groups in total. The summed E-state index contributed by atoms with van der Waals surface area (Å²) in [6.07, 6.45) is 1.99. The van der Waals surface area contributed by atoms with E-state index in [0.29, 0.717) is 29.5 Å². The topological polar surface area (TPSA) is 95.1 Å². The summed E-state index contributed by atoms with van der Waals surface area (Å²) >= 11 is 1.29. The van der Waals surface area contributed by atoms with Crippen molar-refractivity contribution in [3.05, 3.63) is 70.7 Å². The van der Waals surface area contributed by atoms with E-state index >= 15 is 0 Å². The lowest BCUT2D eigenvalue weighted by molar-refractivity contribution is -0.130. The molecule has 1 aliphatic heterocycles. The van der Waals surface area contributed by atoms with Crippen molar-refractivity contribution in [2.24, 2.45) is 0 Å². The average Bonchev–Trinajstić information content (AvgIpc) is 3.71. The molecular weight excluding hydrogens is 514 g/mol. The van der Waals surface area contributed by atoms with Crippen LogP contribution in [0.25, 0.3) is 0 Å². The Hall–Kier alpha value is -3.92. The second-order valence-corrected chi connectivity index (χ2v) is 10.8. The standard InChI is InChI=1S/C29H33N5O4S/c1-20-7-9-21(10-8-20)28(37)34(23-11-12-23)18-26(35)31-29-30-22(19-39-29)17-27(36)33-15-13-32(14-16-33)24-5-3-4-6-25(24)38-2/h3-10,19,23H,11-18H2,1-2H3,(H,30,31,35). The monoisotopic (exact) mass is 547 g/mol. The van der Waals surface area contributed by atoms with Crippen LogP contribution < -0.4 is 15.0 Å². The number of aryl methyl sites for hydroxylation is 1. The number of methoxy groups -OCH3 is 1. The summed E-state index contributed by atoms with van der Waals surface area (Å²) in [5, 5.41) is 5.04. The number of benzene rings is 2. The molecule has 1 saturated carbocycles. The lowest BCUT2D eigenvalue weighted by Crippen LogP contribution is -2.49. The number of piperazine rings is 1. The lowest BCUT2D eigenvalue weighted by atomic mass is 10.1. The minimum Gasteiger partial charge on any atom is -0.495 e. The molecule has 204 valence electrons. The van der Waals surface area contributed by atoms with E-state index in [9.17, 15) is 14.4 Å². The molecule has 9 nitrogen and oxygen atoms in total. The Morgan fingerprint density at radius 1 is 1.05 bits per heavy atom. The van der Waals surface area contributed by atoms with Gasteiger partial charge in [0.25, 0.3) is 5.91 Å². The van der Waals surface area contributed by atoms with Gasteiger partial charge >= 0.3 is 0 Å². The Morgan fingerprint density at radius 3 is 2.46 bits per heavy atom. The normalized spacial score (nSPS) is 15.1. The number of anilines is 2. The van der Waals surface area contributed by atoms with E-state index in [0.717, 1.165) is 42.9 Å². The van der Waals surface area contributed by atoms with Gasteiger partial charge in [-0.3, -0.25) is 14.4 Å². The van der Waals surface area contributed by atoms with Gasteiger partial charge in [-0.1, -0.05) is 29.8 Å². The molecule has 3 amide bonds. The van der Waals surface area contributed by atoms with Gasteiger partial charge in [-0.05, 0) is 44.0 Å². The van der Waals surface area contributed by atoms with Gasteiger partial charge in [-0.25, -0.2) is 4.98 Å². The van der Waals surface area contributed by atoms with Crippen molar-refractivity contribution in [1.29, 1.82) is 0 Å². The van der Waals surface area contributed by atoms with Crippen LogP contribution in [-0.4, -0.2) is 78.4 Å². The second kappa shape index (κ2) is 11.9. The molecule has 0 radical (unpaired) electrons. The van der Waals surface area contributed by atoms with Crippen molar-refractivity contribution in [3.8, 4) is 5.75 Å². The first-order chi connectivity index (χ1) is 18.9. The Morgan fingerprint density at radius 2 is 1.77 bits per heavy atom.